The van der Waals surface area contributed by atoms with Crippen LogP contribution in [0.2, 0.25) is 0 Å². The first-order valence-electron chi connectivity index (χ1n) is 17.1. The monoisotopic (exact) mass is 696 g/mol. The largest absolute Gasteiger partial charge is 0.458 e. The molecular weight excluding hydrogens is 652 g/mol. The van der Waals surface area contributed by atoms with Crippen molar-refractivity contribution >= 4 is 34.7 Å². The molecular formula is C43H44N4O5. The van der Waals surface area contributed by atoms with Crippen molar-refractivity contribution in [3.05, 3.63) is 144 Å². The number of hydrazone groups is 1. The first-order valence-corrected chi connectivity index (χ1v) is 17.1. The summed E-state index contributed by atoms with van der Waals surface area (Å²) in [5, 5.41) is 9.74. The normalized spacial score (nSPS) is 11.8. The number of hydrogen-bond donors (Lipinski definition) is 1. The van der Waals surface area contributed by atoms with Crippen LogP contribution in [0, 0.1) is 11.8 Å². The number of para-hydroxylation sites is 1. The van der Waals surface area contributed by atoms with Gasteiger partial charge in [-0.1, -0.05) is 121 Å². The Balaban J connectivity index is 1.55. The van der Waals surface area contributed by atoms with Gasteiger partial charge in [-0.3, -0.25) is 4.57 Å². The number of ether oxygens (including phenoxy) is 2. The zero-order valence-corrected chi connectivity index (χ0v) is 30.4. The van der Waals surface area contributed by atoms with Crippen LogP contribution in [0.5, 0.6) is 0 Å². The molecule has 0 fully saturated rings. The lowest BCUT2D eigenvalue weighted by Crippen LogP contribution is -2.49. The van der Waals surface area contributed by atoms with Crippen LogP contribution in [0.1, 0.15) is 63.8 Å². The van der Waals surface area contributed by atoms with Crippen molar-refractivity contribution in [2.24, 2.45) is 5.10 Å². The van der Waals surface area contributed by atoms with Crippen LogP contribution in [0.15, 0.2) is 127 Å². The number of rotatable bonds is 8. The van der Waals surface area contributed by atoms with Crippen molar-refractivity contribution in [2.45, 2.75) is 65.2 Å². The number of hydrogen-bond acceptors (Lipinski definition) is 6. The molecule has 1 N–H and O–H groups in total. The van der Waals surface area contributed by atoms with Crippen molar-refractivity contribution in [3.63, 3.8) is 0 Å². The molecule has 0 aliphatic rings. The number of carbonyl (C=O) groups excluding carboxylic acids is 3. The van der Waals surface area contributed by atoms with E-state index in [0.717, 1.165) is 22.1 Å². The minimum Gasteiger partial charge on any atom is -0.458 e. The van der Waals surface area contributed by atoms with Gasteiger partial charge in [0.15, 0.2) is 0 Å². The first-order chi connectivity index (χ1) is 24.8. The maximum absolute atomic E-state index is 14.3. The summed E-state index contributed by atoms with van der Waals surface area (Å²) >= 11 is 0. The van der Waals surface area contributed by atoms with Crippen LogP contribution in [0.4, 0.5) is 9.59 Å². The molecule has 5 aromatic rings. The smallest absolute Gasteiger partial charge is 0.419 e. The van der Waals surface area contributed by atoms with Gasteiger partial charge in [0.2, 0.25) is 0 Å². The standard InChI is InChI=1S/C43H44N4O5/c1-42(2,3)51-39(48)36(29-31-19-10-7-11-20-31)44-40(49)47(45-38(32-21-12-8-13-22-32)33-23-14-9-15-24-33)28-18-25-34-30-46(41(50)52-43(4,5)6)37-27-17-16-26-35(34)37/h7-17,19-24,26-27,30,36H,28-29H2,1-6H3,(H,44,49)/t36-/m1/s1. The Morgan fingerprint density at radius 1 is 0.750 bits per heavy atom. The maximum atomic E-state index is 14.3. The van der Waals surface area contributed by atoms with Gasteiger partial charge in [0.1, 0.15) is 23.8 Å². The Hall–Kier alpha value is -6.14. The van der Waals surface area contributed by atoms with Crippen molar-refractivity contribution in [3.8, 4) is 11.8 Å². The number of carbonyl (C=O) groups is 3. The molecule has 4 aromatic carbocycles. The third-order valence-electron chi connectivity index (χ3n) is 7.58. The average molecular weight is 697 g/mol. The zero-order valence-electron chi connectivity index (χ0n) is 30.4. The fourth-order valence-corrected chi connectivity index (χ4v) is 5.34. The number of benzene rings is 4. The maximum Gasteiger partial charge on any atom is 0.419 e. The number of urea groups is 1. The van der Waals surface area contributed by atoms with Gasteiger partial charge in [-0.2, -0.15) is 5.10 Å². The van der Waals surface area contributed by atoms with Gasteiger partial charge < -0.3 is 14.8 Å². The van der Waals surface area contributed by atoms with Crippen LogP contribution in [-0.2, 0) is 20.7 Å². The van der Waals surface area contributed by atoms with E-state index in [2.05, 4.69) is 17.2 Å². The molecule has 9 heteroatoms. The summed E-state index contributed by atoms with van der Waals surface area (Å²) in [5.74, 6) is 5.68. The predicted octanol–water partition coefficient (Wildman–Crippen LogP) is 8.19. The van der Waals surface area contributed by atoms with E-state index in [-0.39, 0.29) is 13.0 Å². The topological polar surface area (TPSA) is 102 Å². The van der Waals surface area contributed by atoms with Gasteiger partial charge in [-0.05, 0) is 53.2 Å². The molecule has 266 valence electrons. The van der Waals surface area contributed by atoms with Crippen molar-refractivity contribution in [1.29, 1.82) is 0 Å². The molecule has 0 aliphatic heterocycles. The Kier molecular flexibility index (Phi) is 11.6. The van der Waals surface area contributed by atoms with Crippen LogP contribution in [0.3, 0.4) is 0 Å². The quantitative estimate of drug-likeness (QED) is 0.0763. The SMILES string of the molecule is CC(C)(C)OC(=O)[C@@H](Cc1ccccc1)NC(=O)N(CC#Cc1cn(C(=O)OC(C)(C)C)c2ccccc12)N=C(c1ccccc1)c1ccccc1. The Morgan fingerprint density at radius 2 is 1.29 bits per heavy atom. The molecule has 52 heavy (non-hydrogen) atoms. The van der Waals surface area contributed by atoms with Crippen molar-refractivity contribution < 1.29 is 23.9 Å². The van der Waals surface area contributed by atoms with Gasteiger partial charge >= 0.3 is 18.1 Å². The highest BCUT2D eigenvalue weighted by Gasteiger charge is 2.29. The number of esters is 1. The van der Waals surface area contributed by atoms with E-state index in [1.807, 2.05) is 136 Å². The van der Waals surface area contributed by atoms with E-state index in [0.29, 0.717) is 16.8 Å². The third kappa shape index (κ3) is 10.2. The van der Waals surface area contributed by atoms with Crippen LogP contribution in [-0.4, -0.2) is 57.2 Å². The minimum atomic E-state index is -1.01. The van der Waals surface area contributed by atoms with Gasteiger partial charge in [-0.25, -0.2) is 19.4 Å². The lowest BCUT2D eigenvalue weighted by molar-refractivity contribution is -0.157. The highest BCUT2D eigenvalue weighted by Crippen LogP contribution is 2.22. The summed E-state index contributed by atoms with van der Waals surface area (Å²) in [5.41, 5.74) is 2.72. The molecule has 1 atom stereocenters. The highest BCUT2D eigenvalue weighted by atomic mass is 16.6. The molecule has 5 rings (SSSR count). The van der Waals surface area contributed by atoms with E-state index in [1.165, 1.54) is 9.58 Å². The summed E-state index contributed by atoms with van der Waals surface area (Å²) < 4.78 is 12.8. The average Bonchev–Trinajstić information content (AvgIpc) is 3.48. The summed E-state index contributed by atoms with van der Waals surface area (Å²) in [6.07, 6.45) is 1.32. The Labute approximate surface area is 305 Å². The molecule has 1 heterocycles. The molecule has 0 bridgehead atoms. The number of aromatic nitrogens is 1. The number of nitrogens with one attached hydrogen (secondary N) is 1. The number of nitrogens with zero attached hydrogens (tertiary/aromatic N) is 3. The minimum absolute atomic E-state index is 0.146. The molecule has 0 unspecified atom stereocenters. The molecule has 0 saturated heterocycles. The van der Waals surface area contributed by atoms with E-state index in [1.54, 1.807) is 27.0 Å². The number of amides is 2. The fourth-order valence-electron chi connectivity index (χ4n) is 5.34. The molecule has 0 saturated carbocycles. The summed E-state index contributed by atoms with van der Waals surface area (Å²) in [4.78, 5) is 40.9. The first kappa shape index (κ1) is 37.1. The number of fused-ring (bicyclic) bond motifs is 1. The van der Waals surface area contributed by atoms with E-state index >= 15 is 0 Å². The third-order valence-corrected chi connectivity index (χ3v) is 7.58. The molecule has 1 aromatic heterocycles. The van der Waals surface area contributed by atoms with E-state index < -0.39 is 35.3 Å². The van der Waals surface area contributed by atoms with Crippen LogP contribution in [0.25, 0.3) is 10.9 Å². The fraction of sp³-hybridized carbons (Fsp3) is 0.256. The molecule has 0 aliphatic carbocycles. The molecule has 2 amide bonds. The highest BCUT2D eigenvalue weighted by molar-refractivity contribution is 6.13. The summed E-state index contributed by atoms with van der Waals surface area (Å²) in [6.45, 7) is 10.6. The van der Waals surface area contributed by atoms with Gasteiger partial charge in [0.25, 0.3) is 0 Å². The van der Waals surface area contributed by atoms with E-state index in [9.17, 15) is 14.4 Å². The van der Waals surface area contributed by atoms with Crippen LogP contribution >= 0.6 is 0 Å². The van der Waals surface area contributed by atoms with E-state index in [4.69, 9.17) is 14.6 Å². The molecule has 9 nitrogen and oxygen atoms in total. The second kappa shape index (κ2) is 16.3. The van der Waals surface area contributed by atoms with Gasteiger partial charge in [-0.15, -0.1) is 0 Å². The summed E-state index contributed by atoms with van der Waals surface area (Å²) in [6, 6.07) is 34.3. The van der Waals surface area contributed by atoms with Crippen molar-refractivity contribution in [2.75, 3.05) is 6.54 Å². The Morgan fingerprint density at radius 3 is 1.87 bits per heavy atom. The lowest BCUT2D eigenvalue weighted by Gasteiger charge is -2.26. The van der Waals surface area contributed by atoms with Gasteiger partial charge in [0, 0.05) is 29.1 Å². The predicted molar refractivity (Wildman–Crippen MR) is 204 cm³/mol. The molecule has 0 spiro atoms. The Bertz CT molecular complexity index is 2060. The molecule has 0 radical (unpaired) electrons. The lowest BCUT2D eigenvalue weighted by atomic mass is 10.0. The van der Waals surface area contributed by atoms with Crippen molar-refractivity contribution in [1.82, 2.24) is 14.9 Å². The van der Waals surface area contributed by atoms with Crippen LogP contribution < -0.4 is 5.32 Å². The van der Waals surface area contributed by atoms with Gasteiger partial charge in [0.05, 0.1) is 16.8 Å². The zero-order chi connectivity index (χ0) is 37.3. The second-order valence-corrected chi connectivity index (χ2v) is 14.2. The summed E-state index contributed by atoms with van der Waals surface area (Å²) in [7, 11) is 0. The second-order valence-electron chi connectivity index (χ2n) is 14.2.